The highest BCUT2D eigenvalue weighted by atomic mass is 16.5. The molecule has 1 saturated heterocycles. The molecule has 1 unspecified atom stereocenters. The molecule has 20 heavy (non-hydrogen) atoms. The van der Waals surface area contributed by atoms with Crippen LogP contribution in [0.2, 0.25) is 0 Å². The highest BCUT2D eigenvalue weighted by Crippen LogP contribution is 2.20. The molecule has 0 aliphatic carbocycles. The average molecular weight is 276 g/mol. The van der Waals surface area contributed by atoms with Crippen LogP contribution in [0.5, 0.6) is 5.75 Å². The maximum absolute atomic E-state index is 12.5. The Hall–Kier alpha value is -1.55. The normalized spacial score (nSPS) is 18.6. The molecule has 1 aromatic rings. The molecule has 1 N–H and O–H groups in total. The Morgan fingerprint density at radius 1 is 1.40 bits per heavy atom. The van der Waals surface area contributed by atoms with Gasteiger partial charge in [-0.15, -0.1) is 0 Å². The molecule has 1 aliphatic heterocycles. The van der Waals surface area contributed by atoms with Crippen molar-refractivity contribution in [2.75, 3.05) is 26.7 Å². The van der Waals surface area contributed by atoms with Gasteiger partial charge in [0.2, 0.25) is 0 Å². The van der Waals surface area contributed by atoms with Crippen molar-refractivity contribution in [3.63, 3.8) is 0 Å². The second kappa shape index (κ2) is 7.29. The van der Waals surface area contributed by atoms with Crippen molar-refractivity contribution < 1.29 is 9.53 Å². The smallest absolute Gasteiger partial charge is 0.257 e. The number of hydrogen-bond acceptors (Lipinski definition) is 3. The molecular weight excluding hydrogens is 252 g/mol. The van der Waals surface area contributed by atoms with Crippen molar-refractivity contribution in [3.05, 3.63) is 29.8 Å². The van der Waals surface area contributed by atoms with E-state index in [4.69, 9.17) is 4.74 Å². The van der Waals surface area contributed by atoms with E-state index in [-0.39, 0.29) is 5.91 Å². The average Bonchev–Trinajstić information content (AvgIpc) is 2.48. The van der Waals surface area contributed by atoms with E-state index in [0.717, 1.165) is 19.5 Å². The first-order valence-corrected chi connectivity index (χ1v) is 7.43. The lowest BCUT2D eigenvalue weighted by Crippen LogP contribution is -2.44. The van der Waals surface area contributed by atoms with E-state index in [1.807, 2.05) is 38.2 Å². The summed E-state index contributed by atoms with van der Waals surface area (Å²) in [6, 6.07) is 7.87. The Morgan fingerprint density at radius 3 is 2.90 bits per heavy atom. The number of nitrogens with zero attached hydrogens (tertiary/aromatic N) is 1. The quantitative estimate of drug-likeness (QED) is 0.897. The number of hydrogen-bond donors (Lipinski definition) is 1. The third-order valence-corrected chi connectivity index (χ3v) is 3.67. The number of benzene rings is 1. The van der Waals surface area contributed by atoms with Gasteiger partial charge >= 0.3 is 0 Å². The van der Waals surface area contributed by atoms with Crippen LogP contribution in [0.15, 0.2) is 24.3 Å². The molecule has 4 heteroatoms. The summed E-state index contributed by atoms with van der Waals surface area (Å²) in [6.45, 7) is 4.30. The summed E-state index contributed by atoms with van der Waals surface area (Å²) >= 11 is 0. The molecule has 110 valence electrons. The van der Waals surface area contributed by atoms with Crippen LogP contribution >= 0.6 is 0 Å². The molecule has 0 radical (unpaired) electrons. The molecule has 1 aliphatic rings. The number of likely N-dealkylation sites (N-methyl/N-ethyl adjacent to an activating group) is 1. The number of rotatable bonds is 5. The Bertz CT molecular complexity index is 442. The Balaban J connectivity index is 2.02. The van der Waals surface area contributed by atoms with Gasteiger partial charge in [0.1, 0.15) is 5.75 Å². The Morgan fingerprint density at radius 2 is 2.20 bits per heavy atom. The molecular formula is C16H24N2O2. The summed E-state index contributed by atoms with van der Waals surface area (Å²) in [5, 5.41) is 3.47. The fourth-order valence-electron chi connectivity index (χ4n) is 2.62. The van der Waals surface area contributed by atoms with Gasteiger partial charge in [-0.25, -0.2) is 0 Å². The molecule has 1 fully saturated rings. The molecule has 4 nitrogen and oxygen atoms in total. The van der Waals surface area contributed by atoms with Crippen molar-refractivity contribution in [2.24, 2.45) is 0 Å². The minimum Gasteiger partial charge on any atom is -0.493 e. The zero-order chi connectivity index (χ0) is 14.4. The van der Waals surface area contributed by atoms with Crippen LogP contribution in [-0.2, 0) is 0 Å². The Labute approximate surface area is 121 Å². The number of nitrogens with one attached hydrogen (secondary N) is 1. The molecule has 0 aromatic heterocycles. The van der Waals surface area contributed by atoms with Crippen LogP contribution < -0.4 is 10.1 Å². The van der Waals surface area contributed by atoms with E-state index in [1.165, 1.54) is 12.8 Å². The molecule has 2 rings (SSSR count). The molecule has 1 amide bonds. The molecule has 1 heterocycles. The highest BCUT2D eigenvalue weighted by Gasteiger charge is 2.20. The number of piperidine rings is 1. The lowest BCUT2D eigenvalue weighted by atomic mass is 10.0. The summed E-state index contributed by atoms with van der Waals surface area (Å²) in [5.74, 6) is 0.699. The van der Waals surface area contributed by atoms with Crippen LogP contribution in [0.1, 0.15) is 36.5 Å². The third kappa shape index (κ3) is 3.73. The van der Waals surface area contributed by atoms with Gasteiger partial charge in [0.15, 0.2) is 0 Å². The summed E-state index contributed by atoms with van der Waals surface area (Å²) in [6.07, 6.45) is 3.63. The molecule has 1 atom stereocenters. The lowest BCUT2D eigenvalue weighted by Gasteiger charge is -2.28. The van der Waals surface area contributed by atoms with Gasteiger partial charge in [-0.1, -0.05) is 18.6 Å². The summed E-state index contributed by atoms with van der Waals surface area (Å²) < 4.78 is 5.54. The van der Waals surface area contributed by atoms with Gasteiger partial charge in [0.05, 0.1) is 12.2 Å². The molecule has 0 bridgehead atoms. The first-order valence-electron chi connectivity index (χ1n) is 7.43. The van der Waals surface area contributed by atoms with Gasteiger partial charge in [-0.05, 0) is 38.4 Å². The van der Waals surface area contributed by atoms with E-state index in [2.05, 4.69) is 5.32 Å². The number of para-hydroxylation sites is 1. The van der Waals surface area contributed by atoms with Crippen LogP contribution in [-0.4, -0.2) is 43.6 Å². The van der Waals surface area contributed by atoms with Gasteiger partial charge in [-0.3, -0.25) is 4.79 Å². The minimum atomic E-state index is 0.0291. The van der Waals surface area contributed by atoms with Crippen LogP contribution in [0.4, 0.5) is 0 Å². The largest absolute Gasteiger partial charge is 0.493 e. The number of carbonyl (C=O) groups is 1. The van der Waals surface area contributed by atoms with Crippen LogP contribution in [0.3, 0.4) is 0 Å². The van der Waals surface area contributed by atoms with Crippen molar-refractivity contribution >= 4 is 5.91 Å². The second-order valence-electron chi connectivity index (χ2n) is 5.26. The van der Waals surface area contributed by atoms with Gasteiger partial charge in [0, 0.05) is 19.6 Å². The zero-order valence-corrected chi connectivity index (χ0v) is 12.4. The van der Waals surface area contributed by atoms with Crippen molar-refractivity contribution in [2.45, 2.75) is 32.2 Å². The summed E-state index contributed by atoms with van der Waals surface area (Å²) in [7, 11) is 1.86. The standard InChI is InChI=1S/C16H24N2O2/c1-3-20-15-10-5-4-9-14(15)16(19)18(2)12-13-8-6-7-11-17-13/h4-5,9-10,13,17H,3,6-8,11-12H2,1-2H3. The van der Waals surface area contributed by atoms with E-state index in [9.17, 15) is 4.79 Å². The highest BCUT2D eigenvalue weighted by molar-refractivity contribution is 5.96. The van der Waals surface area contributed by atoms with Crippen LogP contribution in [0, 0.1) is 0 Å². The second-order valence-corrected chi connectivity index (χ2v) is 5.26. The van der Waals surface area contributed by atoms with Crippen molar-refractivity contribution in [1.29, 1.82) is 0 Å². The first-order chi connectivity index (χ1) is 9.72. The minimum absolute atomic E-state index is 0.0291. The topological polar surface area (TPSA) is 41.6 Å². The van der Waals surface area contributed by atoms with Crippen molar-refractivity contribution in [3.8, 4) is 5.75 Å². The predicted octanol–water partition coefficient (Wildman–Crippen LogP) is 2.30. The van der Waals surface area contributed by atoms with E-state index < -0.39 is 0 Å². The number of amides is 1. The van der Waals surface area contributed by atoms with Gasteiger partial charge in [0.25, 0.3) is 5.91 Å². The molecule has 0 spiro atoms. The predicted molar refractivity (Wildman–Crippen MR) is 80.2 cm³/mol. The van der Waals surface area contributed by atoms with E-state index >= 15 is 0 Å². The molecule has 1 aromatic carbocycles. The number of carbonyl (C=O) groups excluding carboxylic acids is 1. The maximum atomic E-state index is 12.5. The zero-order valence-electron chi connectivity index (χ0n) is 12.4. The van der Waals surface area contributed by atoms with Gasteiger partial charge in [-0.2, -0.15) is 0 Å². The van der Waals surface area contributed by atoms with Crippen LogP contribution in [0.25, 0.3) is 0 Å². The van der Waals surface area contributed by atoms with Gasteiger partial charge < -0.3 is 15.0 Å². The van der Waals surface area contributed by atoms with E-state index in [1.54, 1.807) is 4.90 Å². The fourth-order valence-corrected chi connectivity index (χ4v) is 2.62. The lowest BCUT2D eigenvalue weighted by molar-refractivity contribution is 0.0771. The first kappa shape index (κ1) is 14.9. The van der Waals surface area contributed by atoms with E-state index in [0.29, 0.717) is 24.0 Å². The monoisotopic (exact) mass is 276 g/mol. The maximum Gasteiger partial charge on any atom is 0.257 e. The molecule has 0 saturated carbocycles. The Kier molecular flexibility index (Phi) is 5.41. The third-order valence-electron chi connectivity index (χ3n) is 3.67. The summed E-state index contributed by atoms with van der Waals surface area (Å²) in [4.78, 5) is 14.3. The number of ether oxygens (including phenoxy) is 1. The SMILES string of the molecule is CCOc1ccccc1C(=O)N(C)CC1CCCCN1. The summed E-state index contributed by atoms with van der Waals surface area (Å²) in [5.41, 5.74) is 0.646. The fraction of sp³-hybridized carbons (Fsp3) is 0.562. The van der Waals surface area contributed by atoms with Crippen molar-refractivity contribution in [1.82, 2.24) is 10.2 Å².